The van der Waals surface area contributed by atoms with Crippen LogP contribution >= 0.6 is 15.9 Å². The quantitative estimate of drug-likeness (QED) is 0.905. The number of hydrogen-bond acceptors (Lipinski definition) is 3. The van der Waals surface area contributed by atoms with Gasteiger partial charge in [0.15, 0.2) is 11.5 Å². The van der Waals surface area contributed by atoms with Gasteiger partial charge in [0.25, 0.3) is 0 Å². The smallest absolute Gasteiger partial charge is 0.161 e. The third-order valence-corrected chi connectivity index (χ3v) is 3.96. The fraction of sp³-hybridized carbons (Fsp3) is 0.250. The van der Waals surface area contributed by atoms with E-state index in [1.165, 1.54) is 0 Å². The third-order valence-electron chi connectivity index (χ3n) is 3.22. The number of benzene rings is 2. The van der Waals surface area contributed by atoms with Crippen LogP contribution in [0, 0.1) is 0 Å². The van der Waals surface area contributed by atoms with Gasteiger partial charge < -0.3 is 15.2 Å². The van der Waals surface area contributed by atoms with Crippen molar-refractivity contribution in [3.05, 3.63) is 58.1 Å². The molecule has 0 spiro atoms. The summed E-state index contributed by atoms with van der Waals surface area (Å²) in [5.41, 5.74) is 8.48. The monoisotopic (exact) mass is 335 g/mol. The second-order valence-corrected chi connectivity index (χ2v) is 5.37. The zero-order chi connectivity index (χ0) is 14.5. The molecule has 1 unspecified atom stereocenters. The minimum atomic E-state index is -0.0504. The maximum atomic E-state index is 6.27. The predicted molar refractivity (Wildman–Crippen MR) is 84.3 cm³/mol. The van der Waals surface area contributed by atoms with Crippen molar-refractivity contribution in [1.29, 1.82) is 0 Å². The summed E-state index contributed by atoms with van der Waals surface area (Å²) < 4.78 is 11.6. The molecule has 3 nitrogen and oxygen atoms in total. The van der Waals surface area contributed by atoms with Crippen molar-refractivity contribution in [3.63, 3.8) is 0 Å². The number of ether oxygens (including phenoxy) is 2. The van der Waals surface area contributed by atoms with Gasteiger partial charge >= 0.3 is 0 Å². The molecule has 0 aliphatic heterocycles. The maximum Gasteiger partial charge on any atom is 0.161 e. The SMILES string of the molecule is COc1cc(Br)c(CC(N)c2ccccc2)cc1OC. The van der Waals surface area contributed by atoms with E-state index in [1.807, 2.05) is 42.5 Å². The molecule has 1 atom stereocenters. The van der Waals surface area contributed by atoms with E-state index in [0.717, 1.165) is 22.0 Å². The molecule has 0 aliphatic carbocycles. The lowest BCUT2D eigenvalue weighted by Gasteiger charge is -2.16. The molecule has 0 radical (unpaired) electrons. The van der Waals surface area contributed by atoms with Gasteiger partial charge in [-0.1, -0.05) is 46.3 Å². The summed E-state index contributed by atoms with van der Waals surface area (Å²) in [6.07, 6.45) is 0.727. The average Bonchev–Trinajstić information content (AvgIpc) is 2.49. The van der Waals surface area contributed by atoms with Crippen LogP contribution in [0.3, 0.4) is 0 Å². The van der Waals surface area contributed by atoms with Crippen LogP contribution in [0.15, 0.2) is 46.9 Å². The molecule has 2 aromatic rings. The van der Waals surface area contributed by atoms with E-state index >= 15 is 0 Å². The number of hydrogen-bond donors (Lipinski definition) is 1. The maximum absolute atomic E-state index is 6.27. The standard InChI is InChI=1S/C16H18BrNO2/c1-19-15-9-12(13(17)10-16(15)20-2)8-14(18)11-6-4-3-5-7-11/h3-7,9-10,14H,8,18H2,1-2H3. The van der Waals surface area contributed by atoms with Gasteiger partial charge in [0.2, 0.25) is 0 Å². The first-order chi connectivity index (χ1) is 9.65. The molecule has 0 saturated heterocycles. The minimum Gasteiger partial charge on any atom is -0.493 e. The van der Waals surface area contributed by atoms with Crippen molar-refractivity contribution in [1.82, 2.24) is 0 Å². The molecule has 0 saturated carbocycles. The zero-order valence-electron chi connectivity index (χ0n) is 11.6. The summed E-state index contributed by atoms with van der Waals surface area (Å²) in [5.74, 6) is 1.42. The Balaban J connectivity index is 2.25. The highest BCUT2D eigenvalue weighted by Gasteiger charge is 2.13. The molecule has 106 valence electrons. The van der Waals surface area contributed by atoms with E-state index in [2.05, 4.69) is 15.9 Å². The molecule has 0 fully saturated rings. The van der Waals surface area contributed by atoms with Crippen LogP contribution in [-0.2, 0) is 6.42 Å². The summed E-state index contributed by atoms with van der Waals surface area (Å²) in [6.45, 7) is 0. The highest BCUT2D eigenvalue weighted by Crippen LogP contribution is 2.34. The molecule has 2 aromatic carbocycles. The Morgan fingerprint density at radius 1 is 1.05 bits per heavy atom. The van der Waals surface area contributed by atoms with E-state index in [0.29, 0.717) is 11.5 Å². The van der Waals surface area contributed by atoms with E-state index in [4.69, 9.17) is 15.2 Å². The second kappa shape index (κ2) is 6.77. The summed E-state index contributed by atoms with van der Waals surface area (Å²) in [6, 6.07) is 13.9. The van der Waals surface area contributed by atoms with Crippen molar-refractivity contribution in [2.24, 2.45) is 5.73 Å². The van der Waals surface area contributed by atoms with Crippen molar-refractivity contribution in [2.45, 2.75) is 12.5 Å². The van der Waals surface area contributed by atoms with Crippen LogP contribution in [0.4, 0.5) is 0 Å². The number of rotatable bonds is 5. The Morgan fingerprint density at radius 3 is 2.25 bits per heavy atom. The lowest BCUT2D eigenvalue weighted by atomic mass is 9.99. The third kappa shape index (κ3) is 3.32. The van der Waals surface area contributed by atoms with Gasteiger partial charge in [0.05, 0.1) is 14.2 Å². The fourth-order valence-electron chi connectivity index (χ4n) is 2.11. The van der Waals surface area contributed by atoms with E-state index in [9.17, 15) is 0 Å². The first-order valence-electron chi connectivity index (χ1n) is 6.36. The molecule has 0 amide bonds. The van der Waals surface area contributed by atoms with Gasteiger partial charge in [-0.25, -0.2) is 0 Å². The van der Waals surface area contributed by atoms with Crippen molar-refractivity contribution in [3.8, 4) is 11.5 Å². The Morgan fingerprint density at radius 2 is 1.65 bits per heavy atom. The molecule has 20 heavy (non-hydrogen) atoms. The lowest BCUT2D eigenvalue weighted by Crippen LogP contribution is -2.13. The Bertz CT molecular complexity index is 572. The molecule has 2 N–H and O–H groups in total. The fourth-order valence-corrected chi connectivity index (χ4v) is 2.59. The van der Waals surface area contributed by atoms with Gasteiger partial charge in [-0.15, -0.1) is 0 Å². The Kier molecular flexibility index (Phi) is 5.04. The van der Waals surface area contributed by atoms with Crippen LogP contribution in [-0.4, -0.2) is 14.2 Å². The van der Waals surface area contributed by atoms with Crippen LogP contribution < -0.4 is 15.2 Å². The topological polar surface area (TPSA) is 44.5 Å². The Hall–Kier alpha value is -1.52. The molecule has 0 bridgehead atoms. The van der Waals surface area contributed by atoms with Gasteiger partial charge in [0.1, 0.15) is 0 Å². The highest BCUT2D eigenvalue weighted by molar-refractivity contribution is 9.10. The first-order valence-corrected chi connectivity index (χ1v) is 7.16. The molecule has 4 heteroatoms. The molecular weight excluding hydrogens is 318 g/mol. The van der Waals surface area contributed by atoms with Crippen LogP contribution in [0.25, 0.3) is 0 Å². The van der Waals surface area contributed by atoms with Gasteiger partial charge in [0, 0.05) is 10.5 Å². The molecule has 0 aromatic heterocycles. The molecule has 0 heterocycles. The number of methoxy groups -OCH3 is 2. The number of halogens is 1. The zero-order valence-corrected chi connectivity index (χ0v) is 13.2. The predicted octanol–water partition coefficient (Wildman–Crippen LogP) is 3.71. The molecular formula is C16H18BrNO2. The number of nitrogens with two attached hydrogens (primary N) is 1. The van der Waals surface area contributed by atoms with E-state index < -0.39 is 0 Å². The summed E-state index contributed by atoms with van der Waals surface area (Å²) in [7, 11) is 3.26. The van der Waals surface area contributed by atoms with Crippen LogP contribution in [0.5, 0.6) is 11.5 Å². The lowest BCUT2D eigenvalue weighted by molar-refractivity contribution is 0.354. The average molecular weight is 336 g/mol. The Labute approximate surface area is 127 Å². The van der Waals surface area contributed by atoms with Crippen LogP contribution in [0.1, 0.15) is 17.2 Å². The first kappa shape index (κ1) is 14.9. The largest absolute Gasteiger partial charge is 0.493 e. The van der Waals surface area contributed by atoms with Gasteiger partial charge in [-0.3, -0.25) is 0 Å². The molecule has 0 aliphatic rings. The van der Waals surface area contributed by atoms with Crippen LogP contribution in [0.2, 0.25) is 0 Å². The van der Waals surface area contributed by atoms with E-state index in [-0.39, 0.29) is 6.04 Å². The van der Waals surface area contributed by atoms with Gasteiger partial charge in [-0.05, 0) is 29.7 Å². The second-order valence-electron chi connectivity index (χ2n) is 4.52. The van der Waals surface area contributed by atoms with Crippen molar-refractivity contribution in [2.75, 3.05) is 14.2 Å². The normalized spacial score (nSPS) is 12.0. The minimum absolute atomic E-state index is 0.0504. The van der Waals surface area contributed by atoms with Crippen molar-refractivity contribution < 1.29 is 9.47 Å². The molecule has 2 rings (SSSR count). The summed E-state index contributed by atoms with van der Waals surface area (Å²) in [5, 5.41) is 0. The highest BCUT2D eigenvalue weighted by atomic mass is 79.9. The van der Waals surface area contributed by atoms with Gasteiger partial charge in [-0.2, -0.15) is 0 Å². The van der Waals surface area contributed by atoms with Crippen molar-refractivity contribution >= 4 is 15.9 Å². The summed E-state index contributed by atoms with van der Waals surface area (Å²) >= 11 is 3.56. The van der Waals surface area contributed by atoms with E-state index in [1.54, 1.807) is 14.2 Å². The summed E-state index contributed by atoms with van der Waals surface area (Å²) in [4.78, 5) is 0.